The second-order valence-corrected chi connectivity index (χ2v) is 5.15. The molecule has 24 heavy (non-hydrogen) atoms. The Morgan fingerprint density at radius 2 is 1.58 bits per heavy atom. The maximum absolute atomic E-state index is 13.5. The molecule has 0 saturated heterocycles. The Hall–Kier alpha value is -2.83. The maximum atomic E-state index is 13.5. The molecule has 1 N–H and O–H groups in total. The van der Waals surface area contributed by atoms with Gasteiger partial charge in [-0.1, -0.05) is 18.2 Å². The van der Waals surface area contributed by atoms with E-state index in [9.17, 15) is 22.8 Å². The average molecular weight is 336 g/mol. The highest BCUT2D eigenvalue weighted by molar-refractivity contribution is 5.94. The van der Waals surface area contributed by atoms with E-state index >= 15 is 0 Å². The van der Waals surface area contributed by atoms with Crippen molar-refractivity contribution < 1.29 is 22.8 Å². The fourth-order valence-electron chi connectivity index (χ4n) is 2.06. The summed E-state index contributed by atoms with van der Waals surface area (Å²) < 4.78 is 39.9. The van der Waals surface area contributed by atoms with Crippen molar-refractivity contribution in [3.8, 4) is 0 Å². The molecule has 7 heteroatoms. The fraction of sp³-hybridized carbons (Fsp3) is 0.176. The standard InChI is InChI=1S/C17H15F3N2O2/c1-11(23)22(9-12-5-7-13(18)8-6-12)10-16(24)21-17-14(19)3-2-4-15(17)20/h2-8H,9-10H2,1H3,(H,21,24). The van der Waals surface area contributed by atoms with Crippen LogP contribution < -0.4 is 5.32 Å². The number of anilines is 1. The van der Waals surface area contributed by atoms with Gasteiger partial charge in [0, 0.05) is 13.5 Å². The molecule has 0 fully saturated rings. The first-order valence-electron chi connectivity index (χ1n) is 7.10. The van der Waals surface area contributed by atoms with Gasteiger partial charge in [-0.05, 0) is 29.8 Å². The van der Waals surface area contributed by atoms with Crippen molar-refractivity contribution in [2.75, 3.05) is 11.9 Å². The Morgan fingerprint density at radius 3 is 2.12 bits per heavy atom. The molecule has 0 atom stereocenters. The summed E-state index contributed by atoms with van der Waals surface area (Å²) in [6.07, 6.45) is 0. The zero-order valence-corrected chi connectivity index (χ0v) is 12.9. The first-order valence-corrected chi connectivity index (χ1v) is 7.10. The van der Waals surface area contributed by atoms with Gasteiger partial charge in [0.15, 0.2) is 0 Å². The first kappa shape index (κ1) is 17.5. The molecule has 0 aliphatic carbocycles. The summed E-state index contributed by atoms with van der Waals surface area (Å²) in [7, 11) is 0. The first-order chi connectivity index (χ1) is 11.4. The number of carbonyl (C=O) groups excluding carboxylic acids is 2. The third-order valence-electron chi connectivity index (χ3n) is 3.29. The number of nitrogens with one attached hydrogen (secondary N) is 1. The van der Waals surface area contributed by atoms with Gasteiger partial charge in [-0.15, -0.1) is 0 Å². The number of rotatable bonds is 5. The normalized spacial score (nSPS) is 10.3. The number of hydrogen-bond acceptors (Lipinski definition) is 2. The van der Waals surface area contributed by atoms with Crippen LogP contribution in [0.3, 0.4) is 0 Å². The van der Waals surface area contributed by atoms with Crippen molar-refractivity contribution >= 4 is 17.5 Å². The van der Waals surface area contributed by atoms with Gasteiger partial charge in [0.05, 0.1) is 0 Å². The van der Waals surface area contributed by atoms with Crippen molar-refractivity contribution in [3.63, 3.8) is 0 Å². The van der Waals surface area contributed by atoms with Gasteiger partial charge in [0.1, 0.15) is 29.7 Å². The second-order valence-electron chi connectivity index (χ2n) is 5.15. The van der Waals surface area contributed by atoms with Gasteiger partial charge >= 0.3 is 0 Å². The van der Waals surface area contributed by atoms with E-state index in [0.717, 1.165) is 12.1 Å². The van der Waals surface area contributed by atoms with Gasteiger partial charge in [0.2, 0.25) is 11.8 Å². The van der Waals surface area contributed by atoms with Crippen LogP contribution in [0.15, 0.2) is 42.5 Å². The van der Waals surface area contributed by atoms with Crippen LogP contribution in [0.25, 0.3) is 0 Å². The molecular weight excluding hydrogens is 321 g/mol. The lowest BCUT2D eigenvalue weighted by atomic mass is 10.2. The summed E-state index contributed by atoms with van der Waals surface area (Å²) >= 11 is 0. The Bertz CT molecular complexity index is 728. The smallest absolute Gasteiger partial charge is 0.244 e. The summed E-state index contributed by atoms with van der Waals surface area (Å²) in [4.78, 5) is 24.8. The Labute approximate surface area is 136 Å². The van der Waals surface area contributed by atoms with Gasteiger partial charge in [0.25, 0.3) is 0 Å². The van der Waals surface area contributed by atoms with E-state index in [1.807, 2.05) is 0 Å². The van der Waals surface area contributed by atoms with Crippen molar-refractivity contribution in [2.45, 2.75) is 13.5 Å². The topological polar surface area (TPSA) is 49.4 Å². The van der Waals surface area contributed by atoms with E-state index in [2.05, 4.69) is 5.32 Å². The summed E-state index contributed by atoms with van der Waals surface area (Å²) in [5, 5.41) is 2.12. The average Bonchev–Trinajstić information content (AvgIpc) is 2.52. The molecule has 0 aliphatic rings. The minimum absolute atomic E-state index is 0.0722. The fourth-order valence-corrected chi connectivity index (χ4v) is 2.06. The van der Waals surface area contributed by atoms with E-state index in [1.165, 1.54) is 42.2 Å². The van der Waals surface area contributed by atoms with Gasteiger partial charge in [-0.2, -0.15) is 0 Å². The monoisotopic (exact) mass is 336 g/mol. The molecule has 0 radical (unpaired) electrons. The number of halogens is 3. The highest BCUT2D eigenvalue weighted by Gasteiger charge is 2.17. The lowest BCUT2D eigenvalue weighted by Gasteiger charge is -2.21. The van der Waals surface area contributed by atoms with Crippen molar-refractivity contribution in [1.29, 1.82) is 0 Å². The molecule has 0 spiro atoms. The Morgan fingerprint density at radius 1 is 1.00 bits per heavy atom. The lowest BCUT2D eigenvalue weighted by Crippen LogP contribution is -2.36. The SMILES string of the molecule is CC(=O)N(CC(=O)Nc1c(F)cccc1F)Cc1ccc(F)cc1. The third-order valence-corrected chi connectivity index (χ3v) is 3.29. The van der Waals surface area contributed by atoms with Crippen molar-refractivity contribution in [2.24, 2.45) is 0 Å². The van der Waals surface area contributed by atoms with Gasteiger partial charge < -0.3 is 10.2 Å². The van der Waals surface area contributed by atoms with Crippen LogP contribution >= 0.6 is 0 Å². The van der Waals surface area contributed by atoms with E-state index in [1.54, 1.807) is 0 Å². The lowest BCUT2D eigenvalue weighted by molar-refractivity contribution is -0.133. The summed E-state index contributed by atoms with van der Waals surface area (Å²) in [5.74, 6) is -3.37. The van der Waals surface area contributed by atoms with Crippen LogP contribution in [0.4, 0.5) is 18.9 Å². The molecule has 126 valence electrons. The molecule has 0 bridgehead atoms. The van der Waals surface area contributed by atoms with Crippen LogP contribution in [0, 0.1) is 17.5 Å². The number of para-hydroxylation sites is 1. The molecule has 2 rings (SSSR count). The summed E-state index contributed by atoms with van der Waals surface area (Å²) in [6, 6.07) is 8.65. The zero-order valence-electron chi connectivity index (χ0n) is 12.9. The molecule has 0 aromatic heterocycles. The molecular formula is C17H15F3N2O2. The van der Waals surface area contributed by atoms with Crippen molar-refractivity contribution in [1.82, 2.24) is 4.90 Å². The quantitative estimate of drug-likeness (QED) is 0.912. The van der Waals surface area contributed by atoms with Gasteiger partial charge in [-0.25, -0.2) is 13.2 Å². The highest BCUT2D eigenvalue weighted by Crippen LogP contribution is 2.18. The molecule has 2 amide bonds. The van der Waals surface area contributed by atoms with Gasteiger partial charge in [-0.3, -0.25) is 9.59 Å². The third kappa shape index (κ3) is 4.58. The number of benzene rings is 2. The van der Waals surface area contributed by atoms with E-state index in [4.69, 9.17) is 0 Å². The molecule has 0 aliphatic heterocycles. The van der Waals surface area contributed by atoms with Crippen LogP contribution in [-0.2, 0) is 16.1 Å². The molecule has 2 aromatic carbocycles. The van der Waals surface area contributed by atoms with E-state index in [0.29, 0.717) is 5.56 Å². The molecule has 2 aromatic rings. The number of hydrogen-bond donors (Lipinski definition) is 1. The van der Waals surface area contributed by atoms with Crippen LogP contribution in [0.2, 0.25) is 0 Å². The Balaban J connectivity index is 2.06. The minimum atomic E-state index is -0.906. The predicted octanol–water partition coefficient (Wildman–Crippen LogP) is 3.09. The molecule has 4 nitrogen and oxygen atoms in total. The van der Waals surface area contributed by atoms with Crippen molar-refractivity contribution in [3.05, 3.63) is 65.5 Å². The largest absolute Gasteiger partial charge is 0.329 e. The zero-order chi connectivity index (χ0) is 17.7. The number of nitrogens with zero attached hydrogens (tertiary/aromatic N) is 1. The van der Waals surface area contributed by atoms with Crippen LogP contribution in [0.5, 0.6) is 0 Å². The molecule has 0 unspecified atom stereocenters. The Kier molecular flexibility index (Phi) is 5.57. The predicted molar refractivity (Wildman–Crippen MR) is 82.5 cm³/mol. The van der Waals surface area contributed by atoms with Crippen LogP contribution in [-0.4, -0.2) is 23.3 Å². The van der Waals surface area contributed by atoms with E-state index in [-0.39, 0.29) is 13.1 Å². The maximum Gasteiger partial charge on any atom is 0.244 e. The summed E-state index contributed by atoms with van der Waals surface area (Å²) in [6.45, 7) is 0.948. The van der Waals surface area contributed by atoms with E-state index < -0.39 is 35.0 Å². The highest BCUT2D eigenvalue weighted by atomic mass is 19.1. The minimum Gasteiger partial charge on any atom is -0.329 e. The number of carbonyl (C=O) groups is 2. The summed E-state index contributed by atoms with van der Waals surface area (Å²) in [5.41, 5.74) is 0.0595. The number of amides is 2. The second kappa shape index (κ2) is 7.63. The van der Waals surface area contributed by atoms with Crippen LogP contribution in [0.1, 0.15) is 12.5 Å². The molecule has 0 saturated carbocycles. The molecule has 0 heterocycles.